The van der Waals surface area contributed by atoms with E-state index in [1.807, 2.05) is 30.3 Å². The van der Waals surface area contributed by atoms with Gasteiger partial charge in [0.1, 0.15) is 0 Å². The van der Waals surface area contributed by atoms with Crippen molar-refractivity contribution < 1.29 is 14.9 Å². The van der Waals surface area contributed by atoms with Crippen LogP contribution in [0.1, 0.15) is 24.0 Å². The molecule has 0 aliphatic rings. The van der Waals surface area contributed by atoms with E-state index in [0.717, 1.165) is 10.1 Å². The lowest BCUT2D eigenvalue weighted by molar-refractivity contribution is -0.157. The Labute approximate surface area is 126 Å². The molecular formula is C15H18N2O5. The normalized spacial score (nSPS) is 12.3. The Bertz CT molecular complexity index is 708. The number of hydrogen-bond donors (Lipinski definition) is 3. The van der Waals surface area contributed by atoms with Gasteiger partial charge in [-0.1, -0.05) is 30.3 Å². The van der Waals surface area contributed by atoms with E-state index >= 15 is 0 Å². The third-order valence-corrected chi connectivity index (χ3v) is 3.09. The van der Waals surface area contributed by atoms with Crippen molar-refractivity contribution in [2.45, 2.75) is 19.3 Å². The van der Waals surface area contributed by atoms with Gasteiger partial charge >= 0.3 is 5.69 Å². The molecule has 1 heterocycles. The number of aromatic nitrogens is 2. The molecule has 0 amide bonds. The van der Waals surface area contributed by atoms with Crippen molar-refractivity contribution in [1.82, 2.24) is 9.55 Å². The number of benzene rings is 1. The summed E-state index contributed by atoms with van der Waals surface area (Å²) < 4.78 is 5.94. The zero-order valence-electron chi connectivity index (χ0n) is 11.9. The smallest absolute Gasteiger partial charge is 0.332 e. The van der Waals surface area contributed by atoms with E-state index in [1.54, 1.807) is 0 Å². The fourth-order valence-corrected chi connectivity index (χ4v) is 1.97. The maximum Gasteiger partial charge on any atom is 0.332 e. The highest BCUT2D eigenvalue weighted by Crippen LogP contribution is 2.07. The van der Waals surface area contributed by atoms with Crippen molar-refractivity contribution >= 4 is 0 Å². The highest BCUT2D eigenvalue weighted by molar-refractivity contribution is 5.22. The Kier molecular flexibility index (Phi) is 5.65. The zero-order valence-corrected chi connectivity index (χ0v) is 11.9. The molecule has 1 aromatic heterocycles. The summed E-state index contributed by atoms with van der Waals surface area (Å²) in [7, 11) is 0. The van der Waals surface area contributed by atoms with E-state index in [-0.39, 0.29) is 13.2 Å². The molecule has 118 valence electrons. The van der Waals surface area contributed by atoms with Crippen LogP contribution in [0, 0.1) is 0 Å². The van der Waals surface area contributed by atoms with Gasteiger partial charge in [-0.05, 0) is 12.0 Å². The Morgan fingerprint density at radius 1 is 1.23 bits per heavy atom. The van der Waals surface area contributed by atoms with Crippen LogP contribution in [-0.2, 0) is 11.2 Å². The van der Waals surface area contributed by atoms with Crippen LogP contribution in [0.5, 0.6) is 0 Å². The molecule has 0 aliphatic carbocycles. The molecule has 7 nitrogen and oxygen atoms in total. The highest BCUT2D eigenvalue weighted by atomic mass is 16.6. The third-order valence-electron chi connectivity index (χ3n) is 3.09. The molecule has 0 spiro atoms. The van der Waals surface area contributed by atoms with Gasteiger partial charge in [-0.15, -0.1) is 0 Å². The molecule has 0 aliphatic heterocycles. The van der Waals surface area contributed by atoms with Crippen LogP contribution in [-0.4, -0.2) is 33.0 Å². The summed E-state index contributed by atoms with van der Waals surface area (Å²) in [4.78, 5) is 25.8. The lowest BCUT2D eigenvalue weighted by atomic mass is 10.1. The van der Waals surface area contributed by atoms with Crippen LogP contribution in [0.2, 0.25) is 0 Å². The number of ether oxygens (including phenoxy) is 1. The van der Waals surface area contributed by atoms with Gasteiger partial charge in [-0.25, -0.2) is 9.36 Å². The number of H-pyrrole nitrogens is 1. The lowest BCUT2D eigenvalue weighted by Crippen LogP contribution is -2.35. The third kappa shape index (κ3) is 4.14. The van der Waals surface area contributed by atoms with Gasteiger partial charge in [0, 0.05) is 24.8 Å². The van der Waals surface area contributed by atoms with Gasteiger partial charge in [0.25, 0.3) is 5.56 Å². The minimum absolute atomic E-state index is 0.0769. The lowest BCUT2D eigenvalue weighted by Gasteiger charge is -2.15. The van der Waals surface area contributed by atoms with Crippen molar-refractivity contribution in [1.29, 1.82) is 0 Å². The zero-order chi connectivity index (χ0) is 15.9. The quantitative estimate of drug-likeness (QED) is 0.492. The first-order chi connectivity index (χ1) is 10.6. The first-order valence-corrected chi connectivity index (χ1v) is 6.90. The van der Waals surface area contributed by atoms with Crippen LogP contribution >= 0.6 is 0 Å². The first kappa shape index (κ1) is 16.2. The highest BCUT2D eigenvalue weighted by Gasteiger charge is 2.12. The Balaban J connectivity index is 2.23. The average Bonchev–Trinajstić information content (AvgIpc) is 2.51. The summed E-state index contributed by atoms with van der Waals surface area (Å²) in [6, 6.07) is 9.30. The van der Waals surface area contributed by atoms with Crippen LogP contribution in [0.3, 0.4) is 0 Å². The fourth-order valence-electron chi connectivity index (χ4n) is 1.97. The number of nitrogens with zero attached hydrogens (tertiary/aromatic N) is 1. The molecule has 2 rings (SSSR count). The molecule has 1 aromatic carbocycles. The van der Waals surface area contributed by atoms with E-state index in [1.165, 1.54) is 6.20 Å². The molecule has 0 bridgehead atoms. The number of aliphatic hydroxyl groups is 2. The molecule has 3 N–H and O–H groups in total. The summed E-state index contributed by atoms with van der Waals surface area (Å²) in [6.45, 7) is 0.0176. The number of rotatable bonds is 7. The van der Waals surface area contributed by atoms with Crippen LogP contribution in [0.25, 0.3) is 0 Å². The number of hydrogen-bond acceptors (Lipinski definition) is 5. The molecular weight excluding hydrogens is 288 g/mol. The Hall–Kier alpha value is -2.22. The van der Waals surface area contributed by atoms with Gasteiger partial charge in [0.2, 0.25) is 6.41 Å². The van der Waals surface area contributed by atoms with Crippen LogP contribution in [0.4, 0.5) is 0 Å². The molecule has 1 atom stereocenters. The largest absolute Gasteiger partial charge is 0.396 e. The van der Waals surface area contributed by atoms with Gasteiger partial charge in [-0.3, -0.25) is 9.78 Å². The Morgan fingerprint density at radius 3 is 2.64 bits per heavy atom. The second kappa shape index (κ2) is 7.69. The Morgan fingerprint density at radius 2 is 1.95 bits per heavy atom. The summed E-state index contributed by atoms with van der Waals surface area (Å²) in [5.41, 5.74) is 0.00969. The van der Waals surface area contributed by atoms with Gasteiger partial charge < -0.3 is 14.9 Å². The molecule has 22 heavy (non-hydrogen) atoms. The molecule has 1 unspecified atom stereocenters. The topological polar surface area (TPSA) is 105 Å². The first-order valence-electron chi connectivity index (χ1n) is 6.90. The van der Waals surface area contributed by atoms with Gasteiger partial charge in [0.15, 0.2) is 0 Å². The monoisotopic (exact) mass is 306 g/mol. The molecule has 0 saturated carbocycles. The van der Waals surface area contributed by atoms with E-state index in [9.17, 15) is 14.7 Å². The van der Waals surface area contributed by atoms with E-state index in [0.29, 0.717) is 18.4 Å². The molecule has 0 radical (unpaired) electrons. The van der Waals surface area contributed by atoms with E-state index in [4.69, 9.17) is 9.84 Å². The maximum atomic E-state index is 11.9. The summed E-state index contributed by atoms with van der Waals surface area (Å²) in [5, 5.41) is 18.5. The number of aliphatic hydroxyl groups excluding tert-OH is 2. The summed E-state index contributed by atoms with van der Waals surface area (Å²) in [6.07, 6.45) is 0.453. The molecule has 0 saturated heterocycles. The number of nitrogens with one attached hydrogen (secondary N) is 1. The van der Waals surface area contributed by atoms with E-state index in [2.05, 4.69) is 4.98 Å². The molecule has 2 aromatic rings. The van der Waals surface area contributed by atoms with Crippen LogP contribution < -0.4 is 11.2 Å². The fraction of sp³-hybridized carbons (Fsp3) is 0.333. The minimum Gasteiger partial charge on any atom is -0.396 e. The van der Waals surface area contributed by atoms with Crippen molar-refractivity contribution in [3.8, 4) is 0 Å². The molecule has 7 heteroatoms. The predicted molar refractivity (Wildman–Crippen MR) is 79.5 cm³/mol. The van der Waals surface area contributed by atoms with Crippen molar-refractivity contribution in [2.75, 3.05) is 13.2 Å². The van der Waals surface area contributed by atoms with Gasteiger partial charge in [-0.2, -0.15) is 0 Å². The predicted octanol–water partition coefficient (Wildman–Crippen LogP) is -0.0252. The van der Waals surface area contributed by atoms with Crippen molar-refractivity contribution in [3.63, 3.8) is 0 Å². The minimum atomic E-state index is -1.51. The standard InChI is InChI=1S/C15H18N2O5/c18-7-4-8-22-15(21)17-10-12(13(19)16-14(17)20)9-11-5-2-1-3-6-11/h1-3,5-6,10,15,18,21H,4,7-9H2,(H,16,19,20). The van der Waals surface area contributed by atoms with Crippen LogP contribution in [0.15, 0.2) is 46.1 Å². The maximum absolute atomic E-state index is 11.9. The average molecular weight is 306 g/mol. The van der Waals surface area contributed by atoms with E-state index < -0.39 is 17.7 Å². The SMILES string of the molecule is O=c1[nH]c(=O)n(C(O)OCCCO)cc1Cc1ccccc1. The second-order valence-corrected chi connectivity index (χ2v) is 4.76. The van der Waals surface area contributed by atoms with Gasteiger partial charge in [0.05, 0.1) is 6.61 Å². The molecule has 0 fully saturated rings. The summed E-state index contributed by atoms with van der Waals surface area (Å²) in [5.74, 6) is 0. The van der Waals surface area contributed by atoms with Crippen molar-refractivity contribution in [2.24, 2.45) is 0 Å². The second-order valence-electron chi connectivity index (χ2n) is 4.76. The summed E-state index contributed by atoms with van der Waals surface area (Å²) >= 11 is 0. The van der Waals surface area contributed by atoms with Crippen molar-refractivity contribution in [3.05, 3.63) is 68.5 Å². The number of aromatic amines is 1.